The summed E-state index contributed by atoms with van der Waals surface area (Å²) in [5.74, 6) is 1.10. The van der Waals surface area contributed by atoms with Crippen LogP contribution in [0.1, 0.15) is 32.3 Å². The van der Waals surface area contributed by atoms with Crippen LogP contribution in [-0.2, 0) is 4.79 Å². The molecule has 1 unspecified atom stereocenters. The van der Waals surface area contributed by atoms with Crippen molar-refractivity contribution in [2.45, 2.75) is 39.7 Å². The van der Waals surface area contributed by atoms with E-state index in [1.54, 1.807) is 0 Å². The first-order valence-corrected chi connectivity index (χ1v) is 7.11. The number of carbonyl (C=O) groups excluding carboxylic acids is 1. The molecule has 0 heterocycles. The van der Waals surface area contributed by atoms with Gasteiger partial charge in [0.1, 0.15) is 5.75 Å². The van der Waals surface area contributed by atoms with Crippen LogP contribution < -0.4 is 10.1 Å². The van der Waals surface area contributed by atoms with Crippen LogP contribution in [-0.4, -0.2) is 30.3 Å². The lowest BCUT2D eigenvalue weighted by Gasteiger charge is -2.14. The molecule has 0 bridgehead atoms. The zero-order valence-electron chi connectivity index (χ0n) is 12.6. The van der Waals surface area contributed by atoms with Crippen LogP contribution in [0.3, 0.4) is 0 Å². The fraction of sp³-hybridized carbons (Fsp3) is 0.562. The molecule has 0 saturated carbocycles. The van der Waals surface area contributed by atoms with Crippen LogP contribution in [0.25, 0.3) is 0 Å². The Hall–Kier alpha value is -1.55. The van der Waals surface area contributed by atoms with E-state index in [-0.39, 0.29) is 5.91 Å². The second kappa shape index (κ2) is 8.59. The Morgan fingerprint density at radius 1 is 1.40 bits per heavy atom. The van der Waals surface area contributed by atoms with Gasteiger partial charge >= 0.3 is 0 Å². The molecule has 4 heteroatoms. The van der Waals surface area contributed by atoms with E-state index in [4.69, 9.17) is 4.74 Å². The maximum absolute atomic E-state index is 11.6. The topological polar surface area (TPSA) is 58.6 Å². The molecule has 2 N–H and O–H groups in total. The summed E-state index contributed by atoms with van der Waals surface area (Å²) in [6.45, 7) is 6.73. The maximum atomic E-state index is 11.6. The highest BCUT2D eigenvalue weighted by Gasteiger charge is 2.09. The molecule has 1 rings (SSSR count). The average molecular weight is 279 g/mol. The standard InChI is InChI=1S/C16H25NO3/c1-12(2)9-14(18)11-17-16(19)7-8-20-15-6-4-5-13(3)10-15/h4-6,10,12,14,18H,7-9,11H2,1-3H3,(H,17,19). The third kappa shape index (κ3) is 7.14. The molecule has 1 aromatic carbocycles. The van der Waals surface area contributed by atoms with Gasteiger partial charge in [0.05, 0.1) is 19.1 Å². The first kappa shape index (κ1) is 16.5. The molecule has 1 atom stereocenters. The van der Waals surface area contributed by atoms with E-state index in [0.29, 0.717) is 31.9 Å². The second-order valence-corrected chi connectivity index (χ2v) is 5.50. The third-order valence-electron chi connectivity index (χ3n) is 2.87. The third-order valence-corrected chi connectivity index (χ3v) is 2.87. The maximum Gasteiger partial charge on any atom is 0.223 e. The monoisotopic (exact) mass is 279 g/mol. The second-order valence-electron chi connectivity index (χ2n) is 5.50. The molecule has 20 heavy (non-hydrogen) atoms. The van der Waals surface area contributed by atoms with Crippen molar-refractivity contribution >= 4 is 5.91 Å². The number of amides is 1. The SMILES string of the molecule is Cc1cccc(OCCC(=O)NCC(O)CC(C)C)c1. The highest BCUT2D eigenvalue weighted by Crippen LogP contribution is 2.12. The Kier molecular flexibility index (Phi) is 7.09. The summed E-state index contributed by atoms with van der Waals surface area (Å²) in [7, 11) is 0. The van der Waals surface area contributed by atoms with Crippen molar-refractivity contribution < 1.29 is 14.6 Å². The summed E-state index contributed by atoms with van der Waals surface area (Å²) >= 11 is 0. The number of aryl methyl sites for hydroxylation is 1. The number of rotatable bonds is 8. The molecule has 0 aliphatic rings. The lowest BCUT2D eigenvalue weighted by molar-refractivity contribution is -0.122. The van der Waals surface area contributed by atoms with Gasteiger partial charge in [-0.15, -0.1) is 0 Å². The molecule has 4 nitrogen and oxygen atoms in total. The van der Waals surface area contributed by atoms with Gasteiger partial charge in [0.15, 0.2) is 0 Å². The van der Waals surface area contributed by atoms with Gasteiger partial charge in [0, 0.05) is 6.54 Å². The minimum Gasteiger partial charge on any atom is -0.493 e. The van der Waals surface area contributed by atoms with Gasteiger partial charge in [-0.1, -0.05) is 26.0 Å². The molecule has 0 spiro atoms. The molecule has 0 radical (unpaired) electrons. The number of aliphatic hydroxyl groups excluding tert-OH is 1. The van der Waals surface area contributed by atoms with Gasteiger partial charge in [-0.3, -0.25) is 4.79 Å². The minimum absolute atomic E-state index is 0.0968. The smallest absolute Gasteiger partial charge is 0.223 e. The molecule has 0 aliphatic heterocycles. The number of benzene rings is 1. The predicted molar refractivity (Wildman–Crippen MR) is 79.8 cm³/mol. The molecular weight excluding hydrogens is 254 g/mol. The summed E-state index contributed by atoms with van der Waals surface area (Å²) < 4.78 is 5.51. The number of carbonyl (C=O) groups is 1. The van der Waals surface area contributed by atoms with Crippen molar-refractivity contribution in [1.82, 2.24) is 5.32 Å². The van der Waals surface area contributed by atoms with Gasteiger partial charge in [-0.2, -0.15) is 0 Å². The Morgan fingerprint density at radius 2 is 2.15 bits per heavy atom. The Labute approximate surface area is 121 Å². The molecule has 0 fully saturated rings. The number of hydrogen-bond acceptors (Lipinski definition) is 3. The zero-order chi connectivity index (χ0) is 15.0. The van der Waals surface area contributed by atoms with Crippen molar-refractivity contribution in [3.05, 3.63) is 29.8 Å². The van der Waals surface area contributed by atoms with Crippen LogP contribution in [0.15, 0.2) is 24.3 Å². The van der Waals surface area contributed by atoms with Crippen molar-refractivity contribution in [3.8, 4) is 5.75 Å². The van der Waals surface area contributed by atoms with Crippen LogP contribution in [0.2, 0.25) is 0 Å². The number of ether oxygens (including phenoxy) is 1. The Morgan fingerprint density at radius 3 is 2.80 bits per heavy atom. The Bertz CT molecular complexity index is 418. The van der Waals surface area contributed by atoms with E-state index < -0.39 is 6.10 Å². The fourth-order valence-electron chi connectivity index (χ4n) is 1.91. The molecular formula is C16H25NO3. The predicted octanol–water partition coefficient (Wildman–Crippen LogP) is 2.29. The quantitative estimate of drug-likeness (QED) is 0.767. The largest absolute Gasteiger partial charge is 0.493 e. The van der Waals surface area contributed by atoms with Gasteiger partial charge < -0.3 is 15.2 Å². The van der Waals surface area contributed by atoms with Crippen LogP contribution in [0, 0.1) is 12.8 Å². The first-order valence-electron chi connectivity index (χ1n) is 7.11. The lowest BCUT2D eigenvalue weighted by Crippen LogP contribution is -2.33. The summed E-state index contributed by atoms with van der Waals surface area (Å²) in [6.07, 6.45) is 0.513. The molecule has 0 saturated heterocycles. The van der Waals surface area contributed by atoms with E-state index in [1.165, 1.54) is 0 Å². The fourth-order valence-corrected chi connectivity index (χ4v) is 1.91. The Balaban J connectivity index is 2.17. The van der Waals surface area contributed by atoms with Crippen molar-refractivity contribution in [1.29, 1.82) is 0 Å². The molecule has 112 valence electrons. The molecule has 0 aliphatic carbocycles. The summed E-state index contributed by atoms with van der Waals surface area (Å²) in [6, 6.07) is 7.73. The number of hydrogen-bond donors (Lipinski definition) is 2. The van der Waals surface area contributed by atoms with Gasteiger partial charge in [0.25, 0.3) is 0 Å². The first-order chi connectivity index (χ1) is 9.47. The molecule has 0 aromatic heterocycles. The van der Waals surface area contributed by atoms with E-state index in [9.17, 15) is 9.90 Å². The highest BCUT2D eigenvalue weighted by molar-refractivity contribution is 5.76. The van der Waals surface area contributed by atoms with Crippen molar-refractivity contribution in [3.63, 3.8) is 0 Å². The van der Waals surface area contributed by atoms with E-state index in [0.717, 1.165) is 11.3 Å². The summed E-state index contributed by atoms with van der Waals surface area (Å²) in [4.78, 5) is 11.6. The molecule has 1 aromatic rings. The summed E-state index contributed by atoms with van der Waals surface area (Å²) in [5, 5.41) is 12.4. The number of aliphatic hydroxyl groups is 1. The van der Waals surface area contributed by atoms with Gasteiger partial charge in [0.2, 0.25) is 5.91 Å². The van der Waals surface area contributed by atoms with Crippen molar-refractivity contribution in [2.24, 2.45) is 5.92 Å². The van der Waals surface area contributed by atoms with Crippen LogP contribution in [0.4, 0.5) is 0 Å². The van der Waals surface area contributed by atoms with Gasteiger partial charge in [-0.05, 0) is 37.0 Å². The van der Waals surface area contributed by atoms with Crippen molar-refractivity contribution in [2.75, 3.05) is 13.2 Å². The summed E-state index contributed by atoms with van der Waals surface area (Å²) in [5.41, 5.74) is 1.13. The van der Waals surface area contributed by atoms with Crippen LogP contribution in [0.5, 0.6) is 5.75 Å². The minimum atomic E-state index is -0.475. The van der Waals surface area contributed by atoms with Crippen LogP contribution >= 0.6 is 0 Å². The highest BCUT2D eigenvalue weighted by atomic mass is 16.5. The lowest BCUT2D eigenvalue weighted by atomic mass is 10.1. The number of nitrogens with one attached hydrogen (secondary N) is 1. The van der Waals surface area contributed by atoms with E-state index in [1.807, 2.05) is 45.0 Å². The zero-order valence-corrected chi connectivity index (χ0v) is 12.6. The average Bonchev–Trinajstić information content (AvgIpc) is 2.36. The molecule has 1 amide bonds. The van der Waals surface area contributed by atoms with E-state index >= 15 is 0 Å². The normalized spacial score (nSPS) is 12.2. The van der Waals surface area contributed by atoms with E-state index in [2.05, 4.69) is 5.32 Å². The van der Waals surface area contributed by atoms with Gasteiger partial charge in [-0.25, -0.2) is 0 Å².